The molecule has 1 aliphatic rings. The van der Waals surface area contributed by atoms with Gasteiger partial charge in [0, 0.05) is 5.56 Å². The molecule has 1 aliphatic heterocycles. The zero-order chi connectivity index (χ0) is 16.2. The fraction of sp³-hybridized carbons (Fsp3) is 0.316. The Kier molecular flexibility index (Phi) is 4.51. The molecule has 4 nitrogen and oxygen atoms in total. The predicted molar refractivity (Wildman–Crippen MR) is 90.4 cm³/mol. The molecule has 2 aromatic rings. The summed E-state index contributed by atoms with van der Waals surface area (Å²) in [4.78, 5) is 14.6. The average Bonchev–Trinajstić information content (AvgIpc) is 2.59. The van der Waals surface area contributed by atoms with Gasteiger partial charge < -0.3 is 14.4 Å². The van der Waals surface area contributed by atoms with Gasteiger partial charge >= 0.3 is 0 Å². The monoisotopic (exact) mass is 311 g/mol. The van der Waals surface area contributed by atoms with Gasteiger partial charge in [0.1, 0.15) is 17.6 Å². The predicted octanol–water partition coefficient (Wildman–Crippen LogP) is 3.90. The lowest BCUT2D eigenvalue weighted by atomic mass is 10.1. The van der Waals surface area contributed by atoms with E-state index in [0.29, 0.717) is 18.7 Å². The second kappa shape index (κ2) is 6.73. The molecule has 0 fully saturated rings. The molecule has 0 bridgehead atoms. The van der Waals surface area contributed by atoms with Crippen LogP contribution in [0.25, 0.3) is 0 Å². The number of para-hydroxylation sites is 2. The lowest BCUT2D eigenvalue weighted by Gasteiger charge is -2.33. The van der Waals surface area contributed by atoms with Crippen LogP contribution in [0.2, 0.25) is 0 Å². The molecule has 1 unspecified atom stereocenters. The summed E-state index contributed by atoms with van der Waals surface area (Å²) < 4.78 is 11.4. The summed E-state index contributed by atoms with van der Waals surface area (Å²) in [6.07, 6.45) is 0.935. The number of anilines is 1. The van der Waals surface area contributed by atoms with Gasteiger partial charge in [0.2, 0.25) is 0 Å². The maximum Gasteiger partial charge on any atom is 0.258 e. The van der Waals surface area contributed by atoms with Gasteiger partial charge in [-0.1, -0.05) is 19.1 Å². The van der Waals surface area contributed by atoms with Crippen LogP contribution in [0.3, 0.4) is 0 Å². The quantitative estimate of drug-likeness (QED) is 0.859. The van der Waals surface area contributed by atoms with Gasteiger partial charge in [-0.3, -0.25) is 4.79 Å². The van der Waals surface area contributed by atoms with Crippen LogP contribution in [-0.2, 0) is 0 Å². The Bertz CT molecular complexity index is 681. The van der Waals surface area contributed by atoms with E-state index in [9.17, 15) is 4.79 Å². The van der Waals surface area contributed by atoms with E-state index in [0.717, 1.165) is 23.6 Å². The number of benzene rings is 2. The van der Waals surface area contributed by atoms with Crippen LogP contribution in [0.1, 0.15) is 30.6 Å². The largest absolute Gasteiger partial charge is 0.494 e. The van der Waals surface area contributed by atoms with Crippen LogP contribution in [-0.4, -0.2) is 25.2 Å². The highest BCUT2D eigenvalue weighted by atomic mass is 16.5. The molecule has 1 atom stereocenters. The summed E-state index contributed by atoms with van der Waals surface area (Å²) in [7, 11) is 0. The number of hydrogen-bond acceptors (Lipinski definition) is 3. The van der Waals surface area contributed by atoms with Crippen molar-refractivity contribution in [2.75, 3.05) is 18.1 Å². The molecule has 120 valence electrons. The highest BCUT2D eigenvalue weighted by molar-refractivity contribution is 6.07. The Morgan fingerprint density at radius 2 is 1.96 bits per heavy atom. The summed E-state index contributed by atoms with van der Waals surface area (Å²) in [5.41, 5.74) is 1.47. The van der Waals surface area contributed by atoms with Crippen molar-refractivity contribution in [1.29, 1.82) is 0 Å². The molecule has 23 heavy (non-hydrogen) atoms. The summed E-state index contributed by atoms with van der Waals surface area (Å²) in [6.45, 7) is 5.26. The second-order valence-corrected chi connectivity index (χ2v) is 5.68. The Balaban J connectivity index is 1.83. The molecule has 0 spiro atoms. The van der Waals surface area contributed by atoms with Crippen molar-refractivity contribution in [2.45, 2.75) is 26.4 Å². The molecule has 3 rings (SSSR count). The molecule has 0 radical (unpaired) electrons. The molecule has 0 aliphatic carbocycles. The molecule has 0 saturated carbocycles. The number of ether oxygens (including phenoxy) is 2. The van der Waals surface area contributed by atoms with Crippen molar-refractivity contribution in [1.82, 2.24) is 0 Å². The zero-order valence-corrected chi connectivity index (χ0v) is 13.5. The van der Waals surface area contributed by atoms with E-state index in [1.54, 1.807) is 4.90 Å². The first-order valence-corrected chi connectivity index (χ1v) is 7.99. The summed E-state index contributed by atoms with van der Waals surface area (Å²) >= 11 is 0. The van der Waals surface area contributed by atoms with Gasteiger partial charge in [-0.15, -0.1) is 0 Å². The summed E-state index contributed by atoms with van der Waals surface area (Å²) in [6, 6.07) is 15.0. The second-order valence-electron chi connectivity index (χ2n) is 5.68. The standard InChI is InChI=1S/C19H21NO3/c1-3-12-22-16-10-8-15(9-11-16)19(21)20-13-14(2)23-18-7-5-4-6-17(18)20/h4-11,14H,3,12-13H2,1-2H3. The van der Waals surface area contributed by atoms with Gasteiger partial charge in [0.15, 0.2) is 0 Å². The minimum Gasteiger partial charge on any atom is -0.494 e. The van der Waals surface area contributed by atoms with E-state index < -0.39 is 0 Å². The van der Waals surface area contributed by atoms with E-state index in [1.807, 2.05) is 55.5 Å². The molecular weight excluding hydrogens is 290 g/mol. The first-order chi connectivity index (χ1) is 11.2. The minimum absolute atomic E-state index is 0.0189. The number of amides is 1. The van der Waals surface area contributed by atoms with Crippen molar-refractivity contribution in [3.05, 3.63) is 54.1 Å². The van der Waals surface area contributed by atoms with Crippen LogP contribution in [0.5, 0.6) is 11.5 Å². The first-order valence-electron chi connectivity index (χ1n) is 7.99. The average molecular weight is 311 g/mol. The van der Waals surface area contributed by atoms with Gasteiger partial charge in [-0.05, 0) is 49.7 Å². The van der Waals surface area contributed by atoms with Crippen LogP contribution in [0.4, 0.5) is 5.69 Å². The topological polar surface area (TPSA) is 38.8 Å². The van der Waals surface area contributed by atoms with Crippen molar-refractivity contribution >= 4 is 11.6 Å². The third-order valence-corrected chi connectivity index (χ3v) is 3.74. The molecule has 0 N–H and O–H groups in total. The molecule has 0 aromatic heterocycles. The smallest absolute Gasteiger partial charge is 0.258 e. The number of rotatable bonds is 4. The van der Waals surface area contributed by atoms with Crippen LogP contribution >= 0.6 is 0 Å². The number of carbonyl (C=O) groups excluding carboxylic acids is 1. The highest BCUT2D eigenvalue weighted by Gasteiger charge is 2.27. The molecule has 0 saturated heterocycles. The third-order valence-electron chi connectivity index (χ3n) is 3.74. The first kappa shape index (κ1) is 15.4. The number of fused-ring (bicyclic) bond motifs is 1. The normalized spacial score (nSPS) is 16.4. The zero-order valence-electron chi connectivity index (χ0n) is 13.5. The lowest BCUT2D eigenvalue weighted by molar-refractivity contribution is 0.0961. The van der Waals surface area contributed by atoms with Crippen LogP contribution in [0.15, 0.2) is 48.5 Å². The molecular formula is C19H21NO3. The number of carbonyl (C=O) groups is 1. The Labute approximate surface area is 136 Å². The molecule has 1 heterocycles. The van der Waals surface area contributed by atoms with E-state index >= 15 is 0 Å². The van der Waals surface area contributed by atoms with Crippen LogP contribution in [0, 0.1) is 0 Å². The van der Waals surface area contributed by atoms with Gasteiger partial charge in [0.25, 0.3) is 5.91 Å². The third kappa shape index (κ3) is 3.31. The van der Waals surface area contributed by atoms with Crippen molar-refractivity contribution in [3.8, 4) is 11.5 Å². The molecule has 1 amide bonds. The van der Waals surface area contributed by atoms with E-state index in [1.165, 1.54) is 0 Å². The maximum atomic E-state index is 12.9. The van der Waals surface area contributed by atoms with E-state index in [2.05, 4.69) is 6.92 Å². The van der Waals surface area contributed by atoms with E-state index in [-0.39, 0.29) is 12.0 Å². The van der Waals surface area contributed by atoms with Gasteiger partial charge in [-0.2, -0.15) is 0 Å². The van der Waals surface area contributed by atoms with Gasteiger partial charge in [-0.25, -0.2) is 0 Å². The fourth-order valence-electron chi connectivity index (χ4n) is 2.65. The van der Waals surface area contributed by atoms with Crippen LogP contribution < -0.4 is 14.4 Å². The fourth-order valence-corrected chi connectivity index (χ4v) is 2.65. The van der Waals surface area contributed by atoms with Gasteiger partial charge in [0.05, 0.1) is 18.8 Å². The highest BCUT2D eigenvalue weighted by Crippen LogP contribution is 2.34. The molecule has 2 aromatic carbocycles. The summed E-state index contributed by atoms with van der Waals surface area (Å²) in [5, 5.41) is 0. The summed E-state index contributed by atoms with van der Waals surface area (Å²) in [5.74, 6) is 1.52. The number of nitrogens with zero attached hydrogens (tertiary/aromatic N) is 1. The minimum atomic E-state index is -0.0268. The SMILES string of the molecule is CCCOc1ccc(C(=O)N2CC(C)Oc3ccccc32)cc1. The van der Waals surface area contributed by atoms with E-state index in [4.69, 9.17) is 9.47 Å². The lowest BCUT2D eigenvalue weighted by Crippen LogP contribution is -2.42. The van der Waals surface area contributed by atoms with Crippen molar-refractivity contribution in [2.24, 2.45) is 0 Å². The maximum absolute atomic E-state index is 12.9. The molecule has 4 heteroatoms. The Hall–Kier alpha value is -2.49. The van der Waals surface area contributed by atoms with Crippen molar-refractivity contribution in [3.63, 3.8) is 0 Å². The van der Waals surface area contributed by atoms with Crippen molar-refractivity contribution < 1.29 is 14.3 Å². The Morgan fingerprint density at radius 1 is 1.22 bits per heavy atom. The number of hydrogen-bond donors (Lipinski definition) is 0. The Morgan fingerprint density at radius 3 is 2.70 bits per heavy atom.